The van der Waals surface area contributed by atoms with Crippen molar-refractivity contribution in [3.05, 3.63) is 35.7 Å². The van der Waals surface area contributed by atoms with Gasteiger partial charge < -0.3 is 0 Å². The number of halogens is 6. The molecule has 0 radical (unpaired) electrons. The molecule has 3 rings (SSSR count). The summed E-state index contributed by atoms with van der Waals surface area (Å²) in [6, 6.07) is 7.77. The first kappa shape index (κ1) is 24.7. The summed E-state index contributed by atoms with van der Waals surface area (Å²) >= 11 is 0. The van der Waals surface area contributed by atoms with Crippen LogP contribution in [0.3, 0.4) is 0 Å². The third kappa shape index (κ3) is 4.01. The van der Waals surface area contributed by atoms with E-state index < -0.39 is 32.8 Å². The van der Waals surface area contributed by atoms with E-state index in [2.05, 4.69) is 24.3 Å². The van der Waals surface area contributed by atoms with Crippen LogP contribution < -0.4 is 4.62 Å². The summed E-state index contributed by atoms with van der Waals surface area (Å²) in [7, 11) is 2.12. The van der Waals surface area contributed by atoms with E-state index in [4.69, 9.17) is 4.62 Å². The van der Waals surface area contributed by atoms with Crippen molar-refractivity contribution in [2.45, 2.75) is 5.91 Å². The second-order valence-electron chi connectivity index (χ2n) is 7.14. The van der Waals surface area contributed by atoms with Crippen LogP contribution in [0.15, 0.2) is 35.7 Å². The molecule has 1 aromatic carbocycles. The van der Waals surface area contributed by atoms with Crippen LogP contribution in [0.5, 0.6) is 0 Å². The molecule has 0 aliphatic carbocycles. The Hall–Kier alpha value is -1.52. The quantitative estimate of drug-likeness (QED) is 0.462. The van der Waals surface area contributed by atoms with Gasteiger partial charge in [0.2, 0.25) is 0 Å². The molecule has 0 fully saturated rings. The molecule has 30 heavy (non-hydrogen) atoms. The molecular weight excluding hydrogens is 456 g/mol. The Balaban J connectivity index is 0.000000269. The van der Waals surface area contributed by atoms with Gasteiger partial charge >= 0.3 is 170 Å². The number of alkyl halides is 1. The molecule has 172 valence electrons. The average Bonchev–Trinajstić information content (AvgIpc) is 3.06. The molecular formula is C15H24F6N6OP2. The third-order valence-corrected chi connectivity index (χ3v) is 10.2. The van der Waals surface area contributed by atoms with Crippen molar-refractivity contribution in [1.29, 1.82) is 0 Å². The van der Waals surface area contributed by atoms with E-state index in [-0.39, 0.29) is 0 Å². The van der Waals surface area contributed by atoms with Crippen LogP contribution in [0.2, 0.25) is 0 Å². The molecule has 15 heteroatoms. The second kappa shape index (κ2) is 8.20. The zero-order chi connectivity index (χ0) is 23.1. The Kier molecular flexibility index (Phi) is 6.76. The van der Waals surface area contributed by atoms with E-state index in [0.717, 1.165) is 11.0 Å². The number of fused-ring (bicyclic) bond motifs is 1. The van der Waals surface area contributed by atoms with Crippen molar-refractivity contribution >= 4 is 26.5 Å². The fraction of sp³-hybridized carbons (Fsp3) is 0.467. The molecule has 1 aliphatic heterocycles. The summed E-state index contributed by atoms with van der Waals surface area (Å²) < 4.78 is 82.3. The first-order valence-corrected chi connectivity index (χ1v) is 12.3. The number of rotatable bonds is 5. The van der Waals surface area contributed by atoms with Crippen molar-refractivity contribution in [2.24, 2.45) is 0 Å². The summed E-state index contributed by atoms with van der Waals surface area (Å²) in [5, 5.41) is 8.26. The number of hydrogen-bond donors (Lipinski definition) is 0. The van der Waals surface area contributed by atoms with Crippen molar-refractivity contribution in [2.75, 3.05) is 42.3 Å². The number of aromatic nitrogens is 3. The van der Waals surface area contributed by atoms with E-state index in [1.165, 1.54) is 4.85 Å². The third-order valence-electron chi connectivity index (χ3n) is 4.39. The van der Waals surface area contributed by atoms with Gasteiger partial charge in [-0.1, -0.05) is 0 Å². The molecule has 0 spiro atoms. The molecule has 2 heterocycles. The Morgan fingerprint density at radius 1 is 0.967 bits per heavy atom. The minimum atomic E-state index is -7.51. The first-order valence-electron chi connectivity index (χ1n) is 8.54. The van der Waals surface area contributed by atoms with Crippen LogP contribution in [0.4, 0.5) is 25.8 Å². The molecule has 0 bridgehead atoms. The van der Waals surface area contributed by atoms with Gasteiger partial charge in [-0.2, -0.15) is 0 Å². The van der Waals surface area contributed by atoms with Gasteiger partial charge in [-0.05, 0) is 0 Å². The Bertz CT molecular complexity index is 923. The van der Waals surface area contributed by atoms with Crippen molar-refractivity contribution < 1.29 is 30.4 Å². The van der Waals surface area contributed by atoms with E-state index in [9.17, 15) is 25.8 Å². The normalized spacial score (nSPS) is 22.4. The SMILES string of the molecule is CN(C)[PH](On1nnc2ccccc21)(N(C)C)N(C)C.FC1=C(F)P(F)(F)(F)C1F. The van der Waals surface area contributed by atoms with E-state index in [1.54, 1.807) is 0 Å². The van der Waals surface area contributed by atoms with Crippen LogP contribution in [-0.4, -0.2) is 77.4 Å². The van der Waals surface area contributed by atoms with Crippen LogP contribution in [0.1, 0.15) is 0 Å². The summed E-state index contributed by atoms with van der Waals surface area (Å²) in [4.78, 5) is 1.53. The zero-order valence-electron chi connectivity index (χ0n) is 17.2. The predicted octanol–water partition coefficient (Wildman–Crippen LogP) is 4.57. The average molecular weight is 480 g/mol. The van der Waals surface area contributed by atoms with E-state index in [1.807, 2.05) is 66.6 Å². The number of nitrogens with zero attached hydrogens (tertiary/aromatic N) is 6. The monoisotopic (exact) mass is 480 g/mol. The number of hydrogen-bond acceptors (Lipinski definition) is 6. The molecule has 0 saturated heterocycles. The van der Waals surface area contributed by atoms with Gasteiger partial charge in [0.1, 0.15) is 0 Å². The van der Waals surface area contributed by atoms with E-state index >= 15 is 0 Å². The summed E-state index contributed by atoms with van der Waals surface area (Å²) in [5.41, 5.74) is -1.14. The summed E-state index contributed by atoms with van der Waals surface area (Å²) in [6.07, 6.45) is 0. The van der Waals surface area contributed by atoms with Gasteiger partial charge in [-0.3, -0.25) is 0 Å². The van der Waals surface area contributed by atoms with Gasteiger partial charge in [0.05, 0.1) is 0 Å². The molecule has 1 aliphatic rings. The molecule has 0 saturated carbocycles. The molecule has 2 aromatic rings. The van der Waals surface area contributed by atoms with Crippen LogP contribution >= 0.6 is 15.5 Å². The fourth-order valence-corrected chi connectivity index (χ4v) is 7.19. The fourth-order valence-electron chi connectivity index (χ4n) is 2.98. The van der Waals surface area contributed by atoms with Gasteiger partial charge in [0.25, 0.3) is 0 Å². The molecule has 1 unspecified atom stereocenters. The first-order chi connectivity index (χ1) is 13.6. The van der Waals surface area contributed by atoms with Crippen LogP contribution in [0.25, 0.3) is 11.0 Å². The second-order valence-corrected chi connectivity index (χ2v) is 13.7. The maximum atomic E-state index is 11.7. The Morgan fingerprint density at radius 3 is 1.87 bits per heavy atom. The van der Waals surface area contributed by atoms with Crippen molar-refractivity contribution in [3.63, 3.8) is 0 Å². The molecule has 1 aromatic heterocycles. The number of benzene rings is 1. The van der Waals surface area contributed by atoms with Crippen LogP contribution in [0, 0.1) is 0 Å². The molecule has 1 atom stereocenters. The Morgan fingerprint density at radius 2 is 1.47 bits per heavy atom. The van der Waals surface area contributed by atoms with Gasteiger partial charge in [-0.25, -0.2) is 0 Å². The molecule has 7 nitrogen and oxygen atoms in total. The summed E-state index contributed by atoms with van der Waals surface area (Å²) in [5.74, 6) is -5.98. The van der Waals surface area contributed by atoms with Gasteiger partial charge in [0, 0.05) is 0 Å². The number of allylic oxidation sites excluding steroid dienone is 1. The molecule has 0 N–H and O–H groups in total. The predicted molar refractivity (Wildman–Crippen MR) is 108 cm³/mol. The molecule has 0 amide bonds. The summed E-state index contributed by atoms with van der Waals surface area (Å²) in [6.45, 7) is 0. The van der Waals surface area contributed by atoms with Crippen molar-refractivity contribution in [1.82, 2.24) is 29.2 Å². The Labute approximate surface area is 170 Å². The van der Waals surface area contributed by atoms with E-state index in [0.29, 0.717) is 0 Å². The maximum absolute atomic E-state index is 11.7. The topological polar surface area (TPSA) is 49.7 Å². The number of para-hydroxylation sites is 1. The van der Waals surface area contributed by atoms with Gasteiger partial charge in [-0.15, -0.1) is 0 Å². The standard InChI is InChI=1S/C12H23N6OP.C3HF6P/c1-15(2)20(16(3)4,17(5)6)19-18-12-10-8-7-9-11(12)13-14-18;4-1-2(5)10(7,8,9)3(1)6/h7-10,20H,1-6H3;2H. The van der Waals surface area contributed by atoms with Gasteiger partial charge in [0.15, 0.2) is 0 Å². The zero-order valence-corrected chi connectivity index (χ0v) is 19.1. The van der Waals surface area contributed by atoms with Crippen LogP contribution in [-0.2, 0) is 0 Å². The van der Waals surface area contributed by atoms with Crippen molar-refractivity contribution in [3.8, 4) is 0 Å². The minimum absolute atomic E-state index is 0.826.